The van der Waals surface area contributed by atoms with Crippen molar-refractivity contribution >= 4 is 21.8 Å². The molecule has 0 aromatic carbocycles. The van der Waals surface area contributed by atoms with Crippen molar-refractivity contribution in [1.82, 2.24) is 15.3 Å². The lowest BCUT2D eigenvalue weighted by molar-refractivity contribution is -0.269. The van der Waals surface area contributed by atoms with Gasteiger partial charge in [-0.15, -0.1) is 0 Å². The van der Waals surface area contributed by atoms with Crippen molar-refractivity contribution in [2.45, 2.75) is 76.8 Å². The zero-order valence-corrected chi connectivity index (χ0v) is 20.4. The molecular formula is C20H31F3N4O6S. The highest BCUT2D eigenvalue weighted by Gasteiger charge is 2.56. The molecule has 0 spiro atoms. The quantitative estimate of drug-likeness (QED) is 0.371. The van der Waals surface area contributed by atoms with Crippen molar-refractivity contribution in [3.63, 3.8) is 0 Å². The second-order valence-corrected chi connectivity index (χ2v) is 11.6. The van der Waals surface area contributed by atoms with Gasteiger partial charge in [-0.1, -0.05) is 13.8 Å². The number of hydrogen-bond acceptors (Lipinski definition) is 8. The van der Waals surface area contributed by atoms with Gasteiger partial charge < -0.3 is 20.3 Å². The van der Waals surface area contributed by atoms with Crippen LogP contribution >= 0.6 is 0 Å². The summed E-state index contributed by atoms with van der Waals surface area (Å²) in [5.41, 5.74) is -4.79. The van der Waals surface area contributed by atoms with E-state index in [4.69, 9.17) is 9.52 Å². The number of carbonyl (C=O) groups is 2. The molecule has 1 aromatic heterocycles. The molecule has 1 amide bonds. The summed E-state index contributed by atoms with van der Waals surface area (Å²) in [7, 11) is -3.77. The highest BCUT2D eigenvalue weighted by molar-refractivity contribution is 7.92. The topological polar surface area (TPSA) is 163 Å². The van der Waals surface area contributed by atoms with Crippen LogP contribution in [-0.2, 0) is 24.9 Å². The standard InChI is InChI=1S/C20H31F3N4O6S/c1-12(2)14-10-26-15(11-25-14)19(31,20(21,22)23)7-9-34(24,32)8-6-13(16(28)29)27-17(30)33-18(3,4)5/h10-13,24,31H,6-9H2,1-5H3,(H,27,30)(H,28,29)/t13-,19?,34?/m0/s1. The third-order valence-corrected chi connectivity index (χ3v) is 6.43. The van der Waals surface area contributed by atoms with Crippen molar-refractivity contribution in [1.29, 1.82) is 4.78 Å². The Morgan fingerprint density at radius 1 is 1.18 bits per heavy atom. The summed E-state index contributed by atoms with van der Waals surface area (Å²) in [4.78, 5) is 30.7. The minimum atomic E-state index is -5.20. The van der Waals surface area contributed by atoms with Gasteiger partial charge in [0.15, 0.2) is 0 Å². The van der Waals surface area contributed by atoms with E-state index in [1.165, 1.54) is 0 Å². The summed E-state index contributed by atoms with van der Waals surface area (Å²) >= 11 is 0. The number of carbonyl (C=O) groups excluding carboxylic acids is 1. The monoisotopic (exact) mass is 512 g/mol. The first kappa shape index (κ1) is 29.6. The molecule has 0 aliphatic rings. The number of halogens is 3. The van der Waals surface area contributed by atoms with Gasteiger partial charge in [-0.05, 0) is 33.1 Å². The number of alkyl halides is 3. The minimum Gasteiger partial charge on any atom is -0.480 e. The Morgan fingerprint density at radius 3 is 2.18 bits per heavy atom. The normalized spacial score (nSPS) is 16.9. The number of aromatic nitrogens is 2. The fourth-order valence-electron chi connectivity index (χ4n) is 2.69. The number of ether oxygens (including phenoxy) is 1. The third-order valence-electron chi connectivity index (χ3n) is 4.67. The van der Waals surface area contributed by atoms with Crippen molar-refractivity contribution in [2.24, 2.45) is 0 Å². The molecule has 4 N–H and O–H groups in total. The summed E-state index contributed by atoms with van der Waals surface area (Å²) in [6.07, 6.45) is -5.99. The van der Waals surface area contributed by atoms with Crippen LogP contribution in [0.3, 0.4) is 0 Å². The second kappa shape index (κ2) is 10.8. The Morgan fingerprint density at radius 2 is 1.76 bits per heavy atom. The molecule has 194 valence electrons. The molecule has 0 aliphatic carbocycles. The largest absolute Gasteiger partial charge is 0.480 e. The lowest BCUT2D eigenvalue weighted by Gasteiger charge is -2.30. The van der Waals surface area contributed by atoms with E-state index in [-0.39, 0.29) is 5.92 Å². The maximum absolute atomic E-state index is 13.7. The number of nitrogens with one attached hydrogen (secondary N) is 2. The molecule has 10 nitrogen and oxygen atoms in total. The van der Waals surface area contributed by atoms with Crippen LogP contribution in [0.4, 0.5) is 18.0 Å². The van der Waals surface area contributed by atoms with Crippen LogP contribution in [0, 0.1) is 4.78 Å². The molecule has 0 saturated carbocycles. The van der Waals surface area contributed by atoms with Crippen LogP contribution in [0.5, 0.6) is 0 Å². The van der Waals surface area contributed by atoms with Crippen LogP contribution in [0.15, 0.2) is 12.4 Å². The predicted octanol–water partition coefficient (Wildman–Crippen LogP) is 3.15. The molecule has 0 bridgehead atoms. The van der Waals surface area contributed by atoms with Gasteiger partial charge in [0.2, 0.25) is 5.60 Å². The van der Waals surface area contributed by atoms with Crippen LogP contribution in [-0.4, -0.2) is 65.8 Å². The second-order valence-electron chi connectivity index (χ2n) is 9.14. The van der Waals surface area contributed by atoms with Crippen molar-refractivity contribution < 1.29 is 41.9 Å². The number of alkyl carbamates (subject to hydrolysis) is 1. The Kier molecular flexibility index (Phi) is 9.43. The van der Waals surface area contributed by atoms with Crippen LogP contribution in [0.2, 0.25) is 0 Å². The Balaban J connectivity index is 2.94. The first-order valence-corrected chi connectivity index (χ1v) is 12.2. The van der Waals surface area contributed by atoms with Crippen molar-refractivity contribution in [2.75, 3.05) is 11.5 Å². The average molecular weight is 513 g/mol. The van der Waals surface area contributed by atoms with Crippen molar-refractivity contribution in [3.8, 4) is 0 Å². The summed E-state index contributed by atoms with van der Waals surface area (Å²) < 4.78 is 66.6. The van der Waals surface area contributed by atoms with E-state index in [0.29, 0.717) is 5.69 Å². The molecule has 0 radical (unpaired) electrons. The number of rotatable bonds is 10. The molecule has 14 heteroatoms. The number of carboxylic acid groups (broad SMARTS) is 1. The molecule has 1 heterocycles. The molecular weight excluding hydrogens is 481 g/mol. The number of carboxylic acids is 1. The number of nitrogens with zero attached hydrogens (tertiary/aromatic N) is 2. The number of hydrogen-bond donors (Lipinski definition) is 4. The zero-order chi connectivity index (χ0) is 26.5. The average Bonchev–Trinajstić information content (AvgIpc) is 2.67. The predicted molar refractivity (Wildman–Crippen MR) is 117 cm³/mol. The van der Waals surface area contributed by atoms with E-state index in [1.807, 2.05) is 0 Å². The maximum atomic E-state index is 13.7. The van der Waals surface area contributed by atoms with Gasteiger partial charge in [0.1, 0.15) is 11.6 Å². The molecule has 0 saturated heterocycles. The molecule has 3 atom stereocenters. The first-order chi connectivity index (χ1) is 15.3. The third kappa shape index (κ3) is 8.70. The minimum absolute atomic E-state index is 0.107. The van der Waals surface area contributed by atoms with Crippen molar-refractivity contribution in [3.05, 3.63) is 23.8 Å². The highest BCUT2D eigenvalue weighted by Crippen LogP contribution is 2.41. The van der Waals surface area contributed by atoms with Gasteiger partial charge >= 0.3 is 18.2 Å². The summed E-state index contributed by atoms with van der Waals surface area (Å²) in [5, 5.41) is 21.7. The SMILES string of the molecule is CC(C)c1cnc(C(O)(CCS(=N)(=O)CC[C@H](NC(=O)OC(C)(C)C)C(=O)O)C(F)(F)F)cn1. The molecule has 2 unspecified atom stereocenters. The van der Waals surface area contributed by atoms with E-state index in [2.05, 4.69) is 15.3 Å². The van der Waals surface area contributed by atoms with E-state index < -0.39 is 75.3 Å². The fraction of sp³-hybridized carbons (Fsp3) is 0.700. The molecule has 0 fully saturated rings. The van der Waals surface area contributed by atoms with Gasteiger partial charge in [0.25, 0.3) is 0 Å². The first-order valence-electron chi connectivity index (χ1n) is 10.4. The van der Waals surface area contributed by atoms with Crippen LogP contribution in [0.1, 0.15) is 64.8 Å². The Hall–Kier alpha value is -2.48. The van der Waals surface area contributed by atoms with Crippen LogP contribution < -0.4 is 5.32 Å². The fourth-order valence-corrected chi connectivity index (χ4v) is 4.14. The van der Waals surface area contributed by atoms with Gasteiger partial charge in [0, 0.05) is 33.9 Å². The summed E-state index contributed by atoms with van der Waals surface area (Å²) in [5.74, 6) is -3.13. The summed E-state index contributed by atoms with van der Waals surface area (Å²) in [6.45, 7) is 8.19. The van der Waals surface area contributed by atoms with Crippen LogP contribution in [0.25, 0.3) is 0 Å². The number of aliphatic carboxylic acids is 1. The summed E-state index contributed by atoms with van der Waals surface area (Å²) in [6, 6.07) is -1.57. The lowest BCUT2D eigenvalue weighted by Crippen LogP contribution is -2.45. The zero-order valence-electron chi connectivity index (χ0n) is 19.6. The lowest BCUT2D eigenvalue weighted by atomic mass is 9.96. The maximum Gasteiger partial charge on any atom is 0.423 e. The Bertz CT molecular complexity index is 962. The molecule has 1 aromatic rings. The molecule has 1 rings (SSSR count). The number of aliphatic hydroxyl groups is 1. The number of amides is 1. The molecule has 0 aliphatic heterocycles. The van der Waals surface area contributed by atoms with E-state index >= 15 is 0 Å². The van der Waals surface area contributed by atoms with Gasteiger partial charge in [-0.3, -0.25) is 14.7 Å². The van der Waals surface area contributed by atoms with E-state index in [0.717, 1.165) is 12.4 Å². The van der Waals surface area contributed by atoms with E-state index in [9.17, 15) is 37.2 Å². The highest BCUT2D eigenvalue weighted by atomic mass is 32.2. The molecule has 34 heavy (non-hydrogen) atoms. The van der Waals surface area contributed by atoms with Gasteiger partial charge in [0.05, 0.1) is 17.6 Å². The Labute approximate surface area is 196 Å². The van der Waals surface area contributed by atoms with E-state index in [1.54, 1.807) is 34.6 Å². The smallest absolute Gasteiger partial charge is 0.423 e. The van der Waals surface area contributed by atoms with Gasteiger partial charge in [-0.2, -0.15) is 13.2 Å². The van der Waals surface area contributed by atoms with Gasteiger partial charge in [-0.25, -0.2) is 13.8 Å².